The zero-order valence-corrected chi connectivity index (χ0v) is 4.65. The largest absolute Gasteiger partial charge is 0.286 e. The maximum absolute atomic E-state index is 8.80. The minimum absolute atomic E-state index is 0.152. The van der Waals surface area contributed by atoms with E-state index in [1.165, 1.54) is 12.3 Å². The van der Waals surface area contributed by atoms with Crippen molar-refractivity contribution in [3.63, 3.8) is 0 Å². The average Bonchev–Trinajstić information content (AvgIpc) is 1.89. The minimum atomic E-state index is 0.152. The van der Waals surface area contributed by atoms with E-state index in [0.29, 0.717) is 0 Å². The number of hydrogen-bond donors (Lipinski definition) is 1. The van der Waals surface area contributed by atoms with E-state index in [-0.39, 0.29) is 12.4 Å². The lowest BCUT2D eigenvalue weighted by molar-refractivity contribution is -0.0479. The quantitative estimate of drug-likeness (QED) is 0.498. The van der Waals surface area contributed by atoms with Gasteiger partial charge in [-0.1, -0.05) is 0 Å². The lowest BCUT2D eigenvalue weighted by Crippen LogP contribution is -2.20. The molecule has 0 bridgehead atoms. The van der Waals surface area contributed by atoms with E-state index in [4.69, 9.17) is 10.5 Å². The molecule has 9 heavy (non-hydrogen) atoms. The fraction of sp³-hybridized carbons (Fsp3) is 0.200. The van der Waals surface area contributed by atoms with Crippen LogP contribution in [0.5, 0.6) is 0 Å². The molecule has 1 N–H and O–H groups in total. The predicted octanol–water partition coefficient (Wildman–Crippen LogP) is 0.127. The van der Waals surface area contributed by atoms with Crippen LogP contribution >= 0.6 is 0 Å². The van der Waals surface area contributed by atoms with Crippen molar-refractivity contribution in [1.29, 1.82) is 5.26 Å². The van der Waals surface area contributed by atoms with Crippen molar-refractivity contribution in [2.45, 2.75) is 0 Å². The summed E-state index contributed by atoms with van der Waals surface area (Å²) in [5.41, 5.74) is 0.227. The molecule has 0 aromatic carbocycles. The number of hydrogen-bond acceptors (Lipinski definition) is 4. The third-order valence-corrected chi connectivity index (χ3v) is 0.946. The molecular formula is C5H5N3O. The summed E-state index contributed by atoms with van der Waals surface area (Å²) in [6.07, 6.45) is 2.94. The van der Waals surface area contributed by atoms with Crippen molar-refractivity contribution < 1.29 is 5.21 Å². The van der Waals surface area contributed by atoms with Gasteiger partial charge in [-0.2, -0.15) is 5.26 Å². The van der Waals surface area contributed by atoms with Crippen molar-refractivity contribution in [1.82, 2.24) is 5.06 Å². The van der Waals surface area contributed by atoms with Crippen LogP contribution in [0.4, 0.5) is 0 Å². The molecule has 4 heteroatoms. The average molecular weight is 123 g/mol. The third-order valence-electron chi connectivity index (χ3n) is 0.946. The first-order valence-electron chi connectivity index (χ1n) is 2.41. The van der Waals surface area contributed by atoms with Gasteiger partial charge in [0.25, 0.3) is 0 Å². The number of hydroxylamine groups is 2. The number of nitriles is 1. The van der Waals surface area contributed by atoms with Crippen LogP contribution in [0, 0.1) is 11.3 Å². The number of rotatable bonds is 0. The van der Waals surface area contributed by atoms with Crippen molar-refractivity contribution in [2.75, 3.05) is 6.67 Å². The van der Waals surface area contributed by atoms with E-state index >= 15 is 0 Å². The first kappa shape index (κ1) is 5.79. The molecule has 0 atom stereocenters. The van der Waals surface area contributed by atoms with Crippen LogP contribution < -0.4 is 0 Å². The Morgan fingerprint density at radius 3 is 3.11 bits per heavy atom. The highest BCUT2D eigenvalue weighted by molar-refractivity contribution is 5.73. The van der Waals surface area contributed by atoms with Gasteiger partial charge < -0.3 is 0 Å². The highest BCUT2D eigenvalue weighted by Gasteiger charge is 2.05. The van der Waals surface area contributed by atoms with Gasteiger partial charge in [0.2, 0.25) is 0 Å². The molecule has 0 aromatic heterocycles. The van der Waals surface area contributed by atoms with Crippen LogP contribution in [0.1, 0.15) is 0 Å². The van der Waals surface area contributed by atoms with Crippen LogP contribution in [-0.4, -0.2) is 23.2 Å². The van der Waals surface area contributed by atoms with Gasteiger partial charge in [0.1, 0.15) is 18.4 Å². The van der Waals surface area contributed by atoms with Gasteiger partial charge in [-0.25, -0.2) is 5.06 Å². The Bertz CT molecular complexity index is 201. The summed E-state index contributed by atoms with van der Waals surface area (Å²) in [4.78, 5) is 3.68. The Morgan fingerprint density at radius 2 is 2.67 bits per heavy atom. The van der Waals surface area contributed by atoms with Crippen LogP contribution in [0.15, 0.2) is 16.8 Å². The summed E-state index contributed by atoms with van der Waals surface area (Å²) in [6, 6.07) is 1.80. The van der Waals surface area contributed by atoms with Gasteiger partial charge >= 0.3 is 0 Å². The zero-order valence-electron chi connectivity index (χ0n) is 4.65. The Labute approximate surface area is 52.3 Å². The standard InChI is InChI=1S/C5H5N3O/c6-3-5-1-2-7-4-8(5)9/h1-2,9H,4H2. The van der Waals surface area contributed by atoms with Gasteiger partial charge in [0.05, 0.1) is 0 Å². The summed E-state index contributed by atoms with van der Waals surface area (Å²) in [7, 11) is 0. The van der Waals surface area contributed by atoms with Gasteiger partial charge in [0.15, 0.2) is 0 Å². The second-order valence-electron chi connectivity index (χ2n) is 1.54. The Morgan fingerprint density at radius 1 is 1.89 bits per heavy atom. The molecule has 0 saturated heterocycles. The monoisotopic (exact) mass is 123 g/mol. The van der Waals surface area contributed by atoms with E-state index in [2.05, 4.69) is 4.99 Å². The molecule has 4 nitrogen and oxygen atoms in total. The number of nitrogens with zero attached hydrogens (tertiary/aromatic N) is 3. The van der Waals surface area contributed by atoms with E-state index in [9.17, 15) is 0 Å². The van der Waals surface area contributed by atoms with Crippen LogP contribution in [0.3, 0.4) is 0 Å². The van der Waals surface area contributed by atoms with E-state index in [1.807, 2.05) is 0 Å². The third kappa shape index (κ3) is 1.06. The van der Waals surface area contributed by atoms with E-state index < -0.39 is 0 Å². The van der Waals surface area contributed by atoms with Crippen LogP contribution in [0.2, 0.25) is 0 Å². The molecule has 1 rings (SSSR count). The van der Waals surface area contributed by atoms with E-state index in [1.54, 1.807) is 6.07 Å². The predicted molar refractivity (Wildman–Crippen MR) is 30.7 cm³/mol. The zero-order chi connectivity index (χ0) is 6.69. The Hall–Kier alpha value is -1.34. The second kappa shape index (κ2) is 2.29. The lowest BCUT2D eigenvalue weighted by atomic mass is 10.4. The molecule has 0 aromatic rings. The second-order valence-corrected chi connectivity index (χ2v) is 1.54. The molecule has 46 valence electrons. The first-order chi connectivity index (χ1) is 4.34. The molecule has 1 heterocycles. The molecule has 0 aliphatic carbocycles. The maximum Gasteiger partial charge on any atom is 0.144 e. The van der Waals surface area contributed by atoms with Crippen molar-refractivity contribution in [2.24, 2.45) is 4.99 Å². The molecule has 0 amide bonds. The molecular weight excluding hydrogens is 118 g/mol. The lowest BCUT2D eigenvalue weighted by Gasteiger charge is -2.13. The molecule has 0 saturated carbocycles. The SMILES string of the molecule is N#CC1=CC=NCN1O. The normalized spacial score (nSPS) is 16.9. The van der Waals surface area contributed by atoms with Gasteiger partial charge in [-0.05, 0) is 6.08 Å². The maximum atomic E-state index is 8.80. The molecule has 1 aliphatic rings. The molecule has 1 aliphatic heterocycles. The summed E-state index contributed by atoms with van der Waals surface area (Å²) in [5, 5.41) is 17.9. The van der Waals surface area contributed by atoms with Crippen LogP contribution in [-0.2, 0) is 0 Å². The smallest absolute Gasteiger partial charge is 0.144 e. The van der Waals surface area contributed by atoms with E-state index in [0.717, 1.165) is 5.06 Å². The van der Waals surface area contributed by atoms with Crippen molar-refractivity contribution in [3.05, 3.63) is 11.8 Å². The van der Waals surface area contributed by atoms with Crippen molar-refractivity contribution >= 4 is 6.21 Å². The Balaban J connectivity index is 2.78. The summed E-state index contributed by atoms with van der Waals surface area (Å²) >= 11 is 0. The summed E-state index contributed by atoms with van der Waals surface area (Å²) < 4.78 is 0. The van der Waals surface area contributed by atoms with Gasteiger partial charge in [0, 0.05) is 6.21 Å². The molecule has 0 fully saturated rings. The van der Waals surface area contributed by atoms with Crippen LogP contribution in [0.25, 0.3) is 0 Å². The van der Waals surface area contributed by atoms with Crippen molar-refractivity contribution in [3.8, 4) is 6.07 Å². The molecule has 0 spiro atoms. The topological polar surface area (TPSA) is 59.6 Å². The van der Waals surface area contributed by atoms with Gasteiger partial charge in [-0.15, -0.1) is 0 Å². The molecule has 0 unspecified atom stereocenters. The highest BCUT2D eigenvalue weighted by atomic mass is 16.5. The number of allylic oxidation sites excluding steroid dienone is 2. The highest BCUT2D eigenvalue weighted by Crippen LogP contribution is 2.00. The minimum Gasteiger partial charge on any atom is -0.286 e. The Kier molecular flexibility index (Phi) is 1.47. The summed E-state index contributed by atoms with van der Waals surface area (Å²) in [6.45, 7) is 0.152. The van der Waals surface area contributed by atoms with Gasteiger partial charge in [-0.3, -0.25) is 10.2 Å². The fourth-order valence-electron chi connectivity index (χ4n) is 0.505. The first-order valence-corrected chi connectivity index (χ1v) is 2.41. The number of aliphatic imine (C=N–C) groups is 1. The fourth-order valence-corrected chi connectivity index (χ4v) is 0.505. The molecule has 0 radical (unpaired) electrons. The summed E-state index contributed by atoms with van der Waals surface area (Å²) in [5.74, 6) is 0.